The van der Waals surface area contributed by atoms with E-state index in [1.54, 1.807) is 12.4 Å². The SMILES string of the molecule is Cc1nncn1-c1cccc(NC(=O)c2ccn(C3CCCNC3)n2)c1. The molecule has 26 heavy (non-hydrogen) atoms. The number of aromatic nitrogens is 5. The molecule has 4 rings (SSSR count). The Hall–Kier alpha value is -3.00. The molecule has 0 saturated carbocycles. The molecular formula is C18H21N7O. The van der Waals surface area contributed by atoms with Crippen LogP contribution in [0.4, 0.5) is 5.69 Å². The van der Waals surface area contributed by atoms with Crippen LogP contribution in [0.5, 0.6) is 0 Å². The van der Waals surface area contributed by atoms with E-state index in [1.807, 2.05) is 46.6 Å². The van der Waals surface area contributed by atoms with Crippen LogP contribution < -0.4 is 10.6 Å². The molecule has 0 aliphatic carbocycles. The third kappa shape index (κ3) is 3.36. The van der Waals surface area contributed by atoms with Crippen LogP contribution in [0.3, 0.4) is 0 Å². The molecule has 8 heteroatoms. The number of nitrogens with one attached hydrogen (secondary N) is 2. The highest BCUT2D eigenvalue weighted by atomic mass is 16.1. The van der Waals surface area contributed by atoms with Gasteiger partial charge in [-0.05, 0) is 50.6 Å². The van der Waals surface area contributed by atoms with Crippen molar-refractivity contribution >= 4 is 11.6 Å². The molecule has 1 aromatic carbocycles. The van der Waals surface area contributed by atoms with E-state index in [2.05, 4.69) is 25.9 Å². The first-order valence-electron chi connectivity index (χ1n) is 8.75. The van der Waals surface area contributed by atoms with E-state index in [1.165, 1.54) is 0 Å². The Morgan fingerprint density at radius 3 is 3.04 bits per heavy atom. The van der Waals surface area contributed by atoms with Gasteiger partial charge in [-0.2, -0.15) is 5.10 Å². The van der Waals surface area contributed by atoms with Gasteiger partial charge in [-0.15, -0.1) is 10.2 Å². The molecule has 1 fully saturated rings. The maximum absolute atomic E-state index is 12.5. The molecule has 0 radical (unpaired) electrons. The van der Waals surface area contributed by atoms with E-state index < -0.39 is 0 Å². The molecule has 0 bridgehead atoms. The fourth-order valence-electron chi connectivity index (χ4n) is 3.20. The number of carbonyl (C=O) groups excluding carboxylic acids is 1. The van der Waals surface area contributed by atoms with Gasteiger partial charge >= 0.3 is 0 Å². The number of piperidine rings is 1. The molecule has 2 N–H and O–H groups in total. The highest BCUT2D eigenvalue weighted by Gasteiger charge is 2.18. The van der Waals surface area contributed by atoms with Crippen molar-refractivity contribution < 1.29 is 4.79 Å². The minimum atomic E-state index is -0.217. The Morgan fingerprint density at radius 2 is 2.27 bits per heavy atom. The third-order valence-electron chi connectivity index (χ3n) is 4.59. The van der Waals surface area contributed by atoms with Gasteiger partial charge in [0.15, 0.2) is 5.69 Å². The van der Waals surface area contributed by atoms with Crippen LogP contribution in [-0.4, -0.2) is 43.5 Å². The van der Waals surface area contributed by atoms with Gasteiger partial charge in [0, 0.05) is 18.4 Å². The number of amides is 1. The summed E-state index contributed by atoms with van der Waals surface area (Å²) in [5.74, 6) is 0.568. The number of hydrogen-bond donors (Lipinski definition) is 2. The van der Waals surface area contributed by atoms with Gasteiger partial charge in [-0.3, -0.25) is 14.0 Å². The fraction of sp³-hybridized carbons (Fsp3) is 0.333. The van der Waals surface area contributed by atoms with Crippen LogP contribution in [-0.2, 0) is 0 Å². The number of aryl methyl sites for hydroxylation is 1. The molecule has 3 aromatic rings. The number of anilines is 1. The number of hydrogen-bond acceptors (Lipinski definition) is 5. The number of rotatable bonds is 4. The molecule has 3 heterocycles. The summed E-state index contributed by atoms with van der Waals surface area (Å²) in [4.78, 5) is 12.5. The van der Waals surface area contributed by atoms with Crippen molar-refractivity contribution in [2.75, 3.05) is 18.4 Å². The molecule has 134 valence electrons. The highest BCUT2D eigenvalue weighted by Crippen LogP contribution is 2.18. The van der Waals surface area contributed by atoms with Crippen molar-refractivity contribution in [3.63, 3.8) is 0 Å². The Labute approximate surface area is 151 Å². The van der Waals surface area contributed by atoms with Gasteiger partial charge < -0.3 is 10.6 Å². The zero-order valence-corrected chi connectivity index (χ0v) is 14.6. The van der Waals surface area contributed by atoms with Gasteiger partial charge in [0.25, 0.3) is 5.91 Å². The summed E-state index contributed by atoms with van der Waals surface area (Å²) in [6.45, 7) is 3.82. The third-order valence-corrected chi connectivity index (χ3v) is 4.59. The second kappa shape index (κ2) is 7.09. The van der Waals surface area contributed by atoms with Gasteiger partial charge in [-0.25, -0.2) is 0 Å². The van der Waals surface area contributed by atoms with Crippen LogP contribution in [0.15, 0.2) is 42.9 Å². The minimum Gasteiger partial charge on any atom is -0.321 e. The average Bonchev–Trinajstić information content (AvgIpc) is 3.32. The lowest BCUT2D eigenvalue weighted by Gasteiger charge is -2.22. The van der Waals surface area contributed by atoms with Crippen LogP contribution >= 0.6 is 0 Å². The van der Waals surface area contributed by atoms with Crippen LogP contribution in [0.2, 0.25) is 0 Å². The molecule has 1 saturated heterocycles. The van der Waals surface area contributed by atoms with Crippen LogP contribution in [0.25, 0.3) is 5.69 Å². The topological polar surface area (TPSA) is 89.7 Å². The fourth-order valence-corrected chi connectivity index (χ4v) is 3.20. The number of benzene rings is 1. The lowest BCUT2D eigenvalue weighted by atomic mass is 10.1. The molecule has 1 aliphatic rings. The van der Waals surface area contributed by atoms with Crippen molar-refractivity contribution in [3.05, 3.63) is 54.4 Å². The maximum atomic E-state index is 12.5. The van der Waals surface area contributed by atoms with E-state index in [-0.39, 0.29) is 5.91 Å². The lowest BCUT2D eigenvalue weighted by Crippen LogP contribution is -2.32. The molecule has 0 spiro atoms. The smallest absolute Gasteiger partial charge is 0.276 e. The Balaban J connectivity index is 1.48. The van der Waals surface area contributed by atoms with Gasteiger partial charge in [-0.1, -0.05) is 6.07 Å². The Morgan fingerprint density at radius 1 is 1.35 bits per heavy atom. The van der Waals surface area contributed by atoms with E-state index in [9.17, 15) is 4.79 Å². The van der Waals surface area contributed by atoms with Crippen LogP contribution in [0.1, 0.15) is 35.2 Å². The summed E-state index contributed by atoms with van der Waals surface area (Å²) in [6, 6.07) is 9.63. The van der Waals surface area contributed by atoms with Gasteiger partial charge in [0.05, 0.1) is 11.7 Å². The van der Waals surface area contributed by atoms with E-state index in [0.717, 1.165) is 37.4 Å². The standard InChI is InChI=1S/C18H21N7O/c1-13-22-20-12-24(13)15-5-2-4-14(10-15)21-18(26)17-7-9-25(23-17)16-6-3-8-19-11-16/h2,4-5,7,9-10,12,16,19H,3,6,8,11H2,1H3,(H,21,26). The maximum Gasteiger partial charge on any atom is 0.276 e. The number of nitrogens with zero attached hydrogens (tertiary/aromatic N) is 5. The second-order valence-corrected chi connectivity index (χ2v) is 6.43. The first-order valence-corrected chi connectivity index (χ1v) is 8.75. The zero-order valence-electron chi connectivity index (χ0n) is 14.6. The first kappa shape index (κ1) is 16.5. The predicted molar refractivity (Wildman–Crippen MR) is 97.4 cm³/mol. The summed E-state index contributed by atoms with van der Waals surface area (Å²) >= 11 is 0. The number of carbonyl (C=O) groups is 1. The first-order chi connectivity index (χ1) is 12.7. The summed E-state index contributed by atoms with van der Waals surface area (Å²) in [6.07, 6.45) is 5.73. The molecule has 1 atom stereocenters. The highest BCUT2D eigenvalue weighted by molar-refractivity contribution is 6.02. The second-order valence-electron chi connectivity index (χ2n) is 6.43. The molecule has 2 aromatic heterocycles. The largest absolute Gasteiger partial charge is 0.321 e. The van der Waals surface area contributed by atoms with Crippen molar-refractivity contribution in [3.8, 4) is 5.69 Å². The quantitative estimate of drug-likeness (QED) is 0.750. The summed E-state index contributed by atoms with van der Waals surface area (Å²) in [7, 11) is 0. The van der Waals surface area contributed by atoms with Crippen molar-refractivity contribution in [2.24, 2.45) is 0 Å². The van der Waals surface area contributed by atoms with Crippen LogP contribution in [0, 0.1) is 6.92 Å². The zero-order chi connectivity index (χ0) is 17.9. The summed E-state index contributed by atoms with van der Waals surface area (Å²) < 4.78 is 3.75. The normalized spacial score (nSPS) is 17.2. The Bertz CT molecular complexity index is 908. The summed E-state index contributed by atoms with van der Waals surface area (Å²) in [5.41, 5.74) is 2.01. The monoisotopic (exact) mass is 351 g/mol. The summed E-state index contributed by atoms with van der Waals surface area (Å²) in [5, 5.41) is 18.6. The molecule has 1 unspecified atom stereocenters. The van der Waals surface area contributed by atoms with E-state index in [0.29, 0.717) is 17.4 Å². The van der Waals surface area contributed by atoms with Crippen molar-refractivity contribution in [1.82, 2.24) is 29.9 Å². The Kier molecular flexibility index (Phi) is 4.49. The molecule has 8 nitrogen and oxygen atoms in total. The van der Waals surface area contributed by atoms with Gasteiger partial charge in [0.1, 0.15) is 12.2 Å². The van der Waals surface area contributed by atoms with Crippen molar-refractivity contribution in [1.29, 1.82) is 0 Å². The molecule has 1 aliphatic heterocycles. The molecular weight excluding hydrogens is 330 g/mol. The van der Waals surface area contributed by atoms with E-state index in [4.69, 9.17) is 0 Å². The average molecular weight is 351 g/mol. The van der Waals surface area contributed by atoms with Gasteiger partial charge in [0.2, 0.25) is 0 Å². The van der Waals surface area contributed by atoms with Crippen molar-refractivity contribution in [2.45, 2.75) is 25.8 Å². The molecule has 1 amide bonds. The lowest BCUT2D eigenvalue weighted by molar-refractivity contribution is 0.102. The predicted octanol–water partition coefficient (Wildman–Crippen LogP) is 1.95. The minimum absolute atomic E-state index is 0.217. The van der Waals surface area contributed by atoms with E-state index >= 15 is 0 Å².